The minimum absolute atomic E-state index is 0.178. The second-order valence-corrected chi connectivity index (χ2v) is 2.52. The molecular weight excluding hydrogens is 128 g/mol. The molecule has 2 heteroatoms. The summed E-state index contributed by atoms with van der Waals surface area (Å²) >= 11 is 0. The van der Waals surface area contributed by atoms with Gasteiger partial charge in [-0.3, -0.25) is 0 Å². The lowest BCUT2D eigenvalue weighted by molar-refractivity contribution is -0.160. The third-order valence-electron chi connectivity index (χ3n) is 1.45. The van der Waals surface area contributed by atoms with E-state index >= 15 is 0 Å². The van der Waals surface area contributed by atoms with Crippen molar-refractivity contribution in [2.75, 3.05) is 0 Å². The van der Waals surface area contributed by atoms with E-state index < -0.39 is 6.29 Å². The molecule has 0 rings (SSSR count). The first kappa shape index (κ1) is 9.92. The van der Waals surface area contributed by atoms with Crippen molar-refractivity contribution in [2.45, 2.75) is 52.4 Å². The molecule has 0 aliphatic carbocycles. The van der Waals surface area contributed by atoms with Crippen LogP contribution in [0.3, 0.4) is 0 Å². The first-order valence-electron chi connectivity index (χ1n) is 4.02. The first-order chi connectivity index (χ1) is 4.70. The molecule has 0 heterocycles. The molecule has 10 heavy (non-hydrogen) atoms. The van der Waals surface area contributed by atoms with Crippen LogP contribution in [-0.2, 0) is 9.84 Å². The average Bonchev–Trinajstić information content (AvgIpc) is 1.86. The van der Waals surface area contributed by atoms with Crippen LogP contribution in [-0.4, -0.2) is 12.4 Å². The Labute approximate surface area is 63.2 Å². The predicted octanol–water partition coefficient (Wildman–Crippen LogP) is 2.36. The third-order valence-corrected chi connectivity index (χ3v) is 1.45. The van der Waals surface area contributed by atoms with Crippen LogP contribution >= 0.6 is 0 Å². The van der Waals surface area contributed by atoms with Gasteiger partial charge in [-0.25, -0.2) is 5.11 Å². The summed E-state index contributed by atoms with van der Waals surface area (Å²) in [7, 11) is 0. The lowest BCUT2D eigenvalue weighted by Crippen LogP contribution is -2.17. The molecule has 2 nitrogen and oxygen atoms in total. The fourth-order valence-corrected chi connectivity index (χ4v) is 0.961. The molecule has 61 valence electrons. The lowest BCUT2D eigenvalue weighted by atomic mass is 10.2. The van der Waals surface area contributed by atoms with E-state index in [2.05, 4.69) is 6.92 Å². The first-order valence-corrected chi connectivity index (χ1v) is 4.02. The Balaban J connectivity index is 3.39. The molecule has 2 unspecified atom stereocenters. The molecule has 1 radical (unpaired) electrons. The molecule has 0 amide bonds. The van der Waals surface area contributed by atoms with Crippen molar-refractivity contribution in [3.63, 3.8) is 0 Å². The number of hydrogen-bond acceptors (Lipinski definition) is 1. The molecule has 0 aromatic heterocycles. The molecule has 0 saturated heterocycles. The maximum Gasteiger partial charge on any atom is 0.188 e. The van der Waals surface area contributed by atoms with Crippen molar-refractivity contribution in [1.29, 1.82) is 0 Å². The Morgan fingerprint density at radius 3 is 2.30 bits per heavy atom. The molecule has 0 aromatic carbocycles. The van der Waals surface area contributed by atoms with E-state index in [9.17, 15) is 5.11 Å². The highest BCUT2D eigenvalue weighted by atomic mass is 16.6. The quantitative estimate of drug-likeness (QED) is 0.546. The van der Waals surface area contributed by atoms with Gasteiger partial charge in [-0.05, 0) is 19.8 Å². The second kappa shape index (κ2) is 5.69. The molecule has 0 aliphatic heterocycles. The van der Waals surface area contributed by atoms with Crippen molar-refractivity contribution in [3.05, 3.63) is 0 Å². The Morgan fingerprint density at radius 1 is 1.40 bits per heavy atom. The van der Waals surface area contributed by atoms with E-state index in [1.165, 1.54) is 0 Å². The van der Waals surface area contributed by atoms with E-state index in [4.69, 9.17) is 4.74 Å². The van der Waals surface area contributed by atoms with Crippen molar-refractivity contribution < 1.29 is 9.84 Å². The standard InChI is InChI=1S/C8H17O2/c1-4-6-8(5-2)10-7(3)9/h7-8H,4-6H2,1-3H3. The van der Waals surface area contributed by atoms with Crippen molar-refractivity contribution >= 4 is 0 Å². The van der Waals surface area contributed by atoms with Gasteiger partial charge in [-0.2, -0.15) is 0 Å². The van der Waals surface area contributed by atoms with Gasteiger partial charge >= 0.3 is 0 Å². The van der Waals surface area contributed by atoms with Crippen molar-refractivity contribution in [2.24, 2.45) is 0 Å². The van der Waals surface area contributed by atoms with Gasteiger partial charge in [0.1, 0.15) is 0 Å². The normalized spacial score (nSPS) is 16.8. The van der Waals surface area contributed by atoms with Crippen LogP contribution in [0.1, 0.15) is 40.0 Å². The molecule has 0 N–H and O–H groups in total. The zero-order chi connectivity index (χ0) is 7.98. The SMILES string of the molecule is CCCC(CC)OC(C)[O]. The van der Waals surface area contributed by atoms with E-state index in [1.807, 2.05) is 6.92 Å². The van der Waals surface area contributed by atoms with Gasteiger partial charge in [0.25, 0.3) is 0 Å². The average molecular weight is 145 g/mol. The fourth-order valence-electron chi connectivity index (χ4n) is 0.961. The van der Waals surface area contributed by atoms with Crippen LogP contribution in [0, 0.1) is 0 Å². The summed E-state index contributed by atoms with van der Waals surface area (Å²) in [5, 5.41) is 10.5. The molecule has 0 spiro atoms. The summed E-state index contributed by atoms with van der Waals surface area (Å²) in [4.78, 5) is 0. The number of hydrogen-bond donors (Lipinski definition) is 0. The van der Waals surface area contributed by atoms with E-state index in [0.29, 0.717) is 0 Å². The van der Waals surface area contributed by atoms with Crippen LogP contribution < -0.4 is 0 Å². The molecule has 0 saturated carbocycles. The third kappa shape index (κ3) is 4.77. The zero-order valence-corrected chi connectivity index (χ0v) is 7.09. The molecule has 0 fully saturated rings. The van der Waals surface area contributed by atoms with Gasteiger partial charge in [0.2, 0.25) is 0 Å². The highest BCUT2D eigenvalue weighted by Gasteiger charge is 2.08. The molecule has 2 atom stereocenters. The Bertz CT molecular complexity index is 71.7. The van der Waals surface area contributed by atoms with Crippen molar-refractivity contribution in [3.8, 4) is 0 Å². The summed E-state index contributed by atoms with van der Waals surface area (Å²) < 4.78 is 5.08. The maximum atomic E-state index is 10.5. The van der Waals surface area contributed by atoms with Gasteiger partial charge in [0.05, 0.1) is 6.10 Å². The minimum Gasteiger partial charge on any atom is -0.347 e. The van der Waals surface area contributed by atoms with Gasteiger partial charge in [0.15, 0.2) is 6.29 Å². The Kier molecular flexibility index (Phi) is 5.64. The lowest BCUT2D eigenvalue weighted by Gasteiger charge is -2.15. The molecule has 0 aliphatic rings. The molecule has 0 aromatic rings. The summed E-state index contributed by atoms with van der Waals surface area (Å²) in [6.45, 7) is 5.68. The summed E-state index contributed by atoms with van der Waals surface area (Å²) in [5.74, 6) is 0. The largest absolute Gasteiger partial charge is 0.347 e. The zero-order valence-electron chi connectivity index (χ0n) is 7.09. The van der Waals surface area contributed by atoms with Gasteiger partial charge in [0, 0.05) is 0 Å². The van der Waals surface area contributed by atoms with E-state index in [-0.39, 0.29) is 6.10 Å². The highest BCUT2D eigenvalue weighted by molar-refractivity contribution is 4.53. The summed E-state index contributed by atoms with van der Waals surface area (Å²) in [6, 6.07) is 0. The van der Waals surface area contributed by atoms with E-state index in [1.54, 1.807) is 6.92 Å². The number of rotatable bonds is 5. The van der Waals surface area contributed by atoms with Crippen LogP contribution in [0.4, 0.5) is 0 Å². The smallest absolute Gasteiger partial charge is 0.188 e. The van der Waals surface area contributed by atoms with Gasteiger partial charge in [-0.15, -0.1) is 0 Å². The van der Waals surface area contributed by atoms with E-state index in [0.717, 1.165) is 19.3 Å². The van der Waals surface area contributed by atoms with Crippen molar-refractivity contribution in [1.82, 2.24) is 0 Å². The Morgan fingerprint density at radius 2 is 2.00 bits per heavy atom. The second-order valence-electron chi connectivity index (χ2n) is 2.52. The van der Waals surface area contributed by atoms with Crippen LogP contribution in [0.5, 0.6) is 0 Å². The van der Waals surface area contributed by atoms with Crippen LogP contribution in [0.15, 0.2) is 0 Å². The summed E-state index contributed by atoms with van der Waals surface area (Å²) in [6.07, 6.45) is 2.35. The fraction of sp³-hybridized carbons (Fsp3) is 1.00. The topological polar surface area (TPSA) is 29.1 Å². The monoisotopic (exact) mass is 145 g/mol. The van der Waals surface area contributed by atoms with Crippen LogP contribution in [0.2, 0.25) is 0 Å². The Hall–Kier alpha value is -0.0800. The maximum absolute atomic E-state index is 10.5. The van der Waals surface area contributed by atoms with Gasteiger partial charge < -0.3 is 4.74 Å². The molecular formula is C8H17O2. The number of ether oxygens (including phenoxy) is 1. The predicted molar refractivity (Wildman–Crippen MR) is 40.2 cm³/mol. The van der Waals surface area contributed by atoms with Gasteiger partial charge in [-0.1, -0.05) is 20.3 Å². The summed E-state index contributed by atoms with van der Waals surface area (Å²) in [5.41, 5.74) is 0. The minimum atomic E-state index is -0.864. The highest BCUT2D eigenvalue weighted by Crippen LogP contribution is 2.07. The molecule has 0 bridgehead atoms. The van der Waals surface area contributed by atoms with Crippen LogP contribution in [0.25, 0.3) is 0 Å².